The van der Waals surface area contributed by atoms with E-state index >= 15 is 0 Å². The Balaban J connectivity index is 0.670. The minimum atomic E-state index is -0.456. The molecular formula is C74H57N11O3. The highest BCUT2D eigenvalue weighted by atomic mass is 16.2. The van der Waals surface area contributed by atoms with Crippen LogP contribution in [-0.4, -0.2) is 42.6 Å². The van der Waals surface area contributed by atoms with Gasteiger partial charge in [0.1, 0.15) is 11.6 Å². The van der Waals surface area contributed by atoms with Crippen LogP contribution < -0.4 is 31.9 Å². The van der Waals surface area contributed by atoms with Crippen molar-refractivity contribution in [1.29, 1.82) is 0 Å². The Morgan fingerprint density at radius 3 is 1.42 bits per heavy atom. The monoisotopic (exact) mass is 1150 g/mol. The summed E-state index contributed by atoms with van der Waals surface area (Å²) in [4.78, 5) is 47.1. The van der Waals surface area contributed by atoms with Gasteiger partial charge in [0.05, 0.1) is 41.4 Å². The molecule has 88 heavy (non-hydrogen) atoms. The number of fused-ring (bicyclic) bond motifs is 9. The number of hydrogen-bond donors (Lipinski definition) is 6. The second-order valence-electron chi connectivity index (χ2n) is 22.4. The van der Waals surface area contributed by atoms with Crippen molar-refractivity contribution in [3.63, 3.8) is 0 Å². The van der Waals surface area contributed by atoms with Crippen molar-refractivity contribution in [3.05, 3.63) is 276 Å². The molecule has 6 N–H and O–H groups in total. The van der Waals surface area contributed by atoms with Gasteiger partial charge in [-0.05, 0) is 125 Å². The Hall–Kier alpha value is -11.6. The molecule has 15 rings (SSSR count). The number of nitrogens with zero attached hydrogens (tertiary/aromatic N) is 5. The highest BCUT2D eigenvalue weighted by molar-refractivity contribution is 6.00. The average molecular weight is 1150 g/mol. The van der Waals surface area contributed by atoms with Gasteiger partial charge in [-0.2, -0.15) is 10.2 Å². The van der Waals surface area contributed by atoms with Crippen molar-refractivity contribution in [1.82, 2.24) is 40.5 Å². The largest absolute Gasteiger partial charge is 0.327 e. The second kappa shape index (κ2) is 21.8. The van der Waals surface area contributed by atoms with Crippen molar-refractivity contribution in [2.45, 2.75) is 25.0 Å². The third-order valence-electron chi connectivity index (χ3n) is 17.3. The number of carbonyl (C=O) groups excluding carboxylic acids is 3. The van der Waals surface area contributed by atoms with Gasteiger partial charge in [0.25, 0.3) is 0 Å². The molecule has 0 bridgehead atoms. The number of hydrogen-bond acceptors (Lipinski definition) is 6. The summed E-state index contributed by atoms with van der Waals surface area (Å²) in [5.41, 5.74) is 22.8. The molecule has 2 unspecified atom stereocenters. The molecule has 0 spiro atoms. The highest BCUT2D eigenvalue weighted by Crippen LogP contribution is 2.51. The maximum Gasteiger partial charge on any atom is 0.321 e. The number of rotatable bonds is 11. The quantitative estimate of drug-likeness (QED) is 0.0752. The van der Waals surface area contributed by atoms with Gasteiger partial charge in [0.2, 0.25) is 0 Å². The van der Waals surface area contributed by atoms with E-state index in [2.05, 4.69) is 151 Å². The van der Waals surface area contributed by atoms with Gasteiger partial charge >= 0.3 is 18.1 Å². The minimum Gasteiger partial charge on any atom is -0.327 e. The molecule has 2 atom stereocenters. The fraction of sp³-hybridized carbons (Fsp3) is 0.0811. The Kier molecular flexibility index (Phi) is 13.1. The molecule has 9 aromatic carbocycles. The number of carbonyl (C=O) groups is 3. The first-order valence-electron chi connectivity index (χ1n) is 29.3. The topological polar surface area (TPSA) is 172 Å². The zero-order valence-corrected chi connectivity index (χ0v) is 48.2. The van der Waals surface area contributed by atoms with Crippen molar-refractivity contribution < 1.29 is 14.4 Å². The standard InChI is InChI=1S/C74H57N11O3/c1-43-63(48-22-15-21-47(41-48)50-32-17-34-60-65(50)54-26-10-14-30-58(54)68(60)79-72(86)77-62-35-18-40-75-66(62)46-19-5-4-6-20-46)71(85(3)83-43)82-74(88)80-69-57-29-13-9-25-53(57)64-49(31-16-33-59(64)69)44-36-38-45(39-37-44)61-42-76-84(2)70(61)81-73(87)78-67-55-27-11-7-23-51(55)52-24-8-12-28-56(52)67/h4-42,67-69H,1-3H3,(H2,77,79,86)(H2,78,81,87)(H2,80,82,88). The minimum absolute atomic E-state index is 0.292. The number of anilines is 3. The zero-order valence-electron chi connectivity index (χ0n) is 48.2. The molecule has 12 aromatic rings. The number of benzene rings is 9. The molecule has 3 aromatic heterocycles. The predicted octanol–water partition coefficient (Wildman–Crippen LogP) is 15.9. The van der Waals surface area contributed by atoms with Gasteiger partial charge in [-0.15, -0.1) is 0 Å². The molecule has 0 saturated heterocycles. The van der Waals surface area contributed by atoms with Crippen LogP contribution in [0.5, 0.6) is 0 Å². The van der Waals surface area contributed by atoms with Crippen LogP contribution in [0, 0.1) is 6.92 Å². The number of amides is 6. The van der Waals surface area contributed by atoms with Crippen molar-refractivity contribution in [3.8, 4) is 89.1 Å². The summed E-state index contributed by atoms with van der Waals surface area (Å²) in [5, 5.41) is 28.7. The molecule has 3 aliphatic carbocycles. The van der Waals surface area contributed by atoms with Crippen LogP contribution in [0.15, 0.2) is 237 Å². The van der Waals surface area contributed by atoms with E-state index in [1.165, 1.54) is 0 Å². The maximum atomic E-state index is 14.6. The lowest BCUT2D eigenvalue weighted by molar-refractivity contribution is 0.249. The van der Waals surface area contributed by atoms with Crippen LogP contribution in [0.3, 0.4) is 0 Å². The molecule has 3 aliphatic rings. The summed E-state index contributed by atoms with van der Waals surface area (Å²) in [6, 6.07) is 73.2. The maximum absolute atomic E-state index is 14.6. The van der Waals surface area contributed by atoms with E-state index in [-0.39, 0.29) is 24.1 Å². The Bertz CT molecular complexity index is 4730. The zero-order chi connectivity index (χ0) is 59.6. The number of pyridine rings is 1. The van der Waals surface area contributed by atoms with Crippen LogP contribution >= 0.6 is 0 Å². The Morgan fingerprint density at radius 2 is 0.818 bits per heavy atom. The fourth-order valence-electron chi connectivity index (χ4n) is 13.4. The molecule has 0 radical (unpaired) electrons. The highest BCUT2D eigenvalue weighted by Gasteiger charge is 2.35. The number of urea groups is 3. The molecule has 0 saturated carbocycles. The predicted molar refractivity (Wildman–Crippen MR) is 347 cm³/mol. The van der Waals surface area contributed by atoms with E-state index in [0.29, 0.717) is 23.0 Å². The van der Waals surface area contributed by atoms with E-state index in [9.17, 15) is 14.4 Å². The van der Waals surface area contributed by atoms with Gasteiger partial charge in [0, 0.05) is 37.0 Å². The van der Waals surface area contributed by atoms with E-state index in [4.69, 9.17) is 5.10 Å². The normalized spacial score (nSPS) is 13.9. The van der Waals surface area contributed by atoms with Gasteiger partial charge < -0.3 is 21.3 Å². The lowest BCUT2D eigenvalue weighted by Crippen LogP contribution is -2.33. The molecule has 0 aliphatic heterocycles. The first-order chi connectivity index (χ1) is 43.1. The lowest BCUT2D eigenvalue weighted by atomic mass is 9.92. The van der Waals surface area contributed by atoms with Gasteiger partial charge in [-0.25, -0.2) is 14.4 Å². The van der Waals surface area contributed by atoms with E-state index in [1.54, 1.807) is 21.8 Å². The molecule has 14 heteroatoms. The number of nitrogens with one attached hydrogen (secondary N) is 6. The summed E-state index contributed by atoms with van der Waals surface area (Å²) in [6.07, 6.45) is 3.50. The summed E-state index contributed by atoms with van der Waals surface area (Å²) < 4.78 is 3.40. The Morgan fingerprint density at radius 1 is 0.375 bits per heavy atom. The molecule has 426 valence electrons. The lowest BCUT2D eigenvalue weighted by Gasteiger charge is -2.18. The first-order valence-corrected chi connectivity index (χ1v) is 29.3. The summed E-state index contributed by atoms with van der Waals surface area (Å²) in [6.45, 7) is 1.95. The van der Waals surface area contributed by atoms with Gasteiger partial charge in [-0.3, -0.25) is 25.0 Å². The van der Waals surface area contributed by atoms with E-state index < -0.39 is 12.1 Å². The van der Waals surface area contributed by atoms with Crippen LogP contribution in [0.25, 0.3) is 89.1 Å². The smallest absolute Gasteiger partial charge is 0.321 e. The van der Waals surface area contributed by atoms with Crippen molar-refractivity contribution >= 4 is 35.4 Å². The second-order valence-corrected chi connectivity index (χ2v) is 22.4. The van der Waals surface area contributed by atoms with Crippen LogP contribution in [-0.2, 0) is 14.1 Å². The van der Waals surface area contributed by atoms with E-state index in [1.807, 2.05) is 136 Å². The number of aromatic nitrogens is 5. The molecular weight excluding hydrogens is 1090 g/mol. The third-order valence-corrected chi connectivity index (χ3v) is 17.3. The van der Waals surface area contributed by atoms with Crippen molar-refractivity contribution in [2.75, 3.05) is 16.0 Å². The SMILES string of the molecule is Cc1nn(C)c(NC(=O)NC2c3ccccc3-c3c(-c4ccc(-c5cnn(C)c5NC(=O)NC5c6ccccc6-c6ccccc65)cc4)cccc32)c1-c1cccc(-c2cccc3c2-c2ccccc2C3NC(=O)Nc2cccnc2-c2ccccc2)c1. The molecule has 3 heterocycles. The van der Waals surface area contributed by atoms with Crippen molar-refractivity contribution in [2.24, 2.45) is 14.1 Å². The molecule has 0 fully saturated rings. The van der Waals surface area contributed by atoms with E-state index in [0.717, 1.165) is 123 Å². The summed E-state index contributed by atoms with van der Waals surface area (Å²) >= 11 is 0. The van der Waals surface area contributed by atoms with Gasteiger partial charge in [0.15, 0.2) is 0 Å². The number of aryl methyl sites for hydroxylation is 3. The van der Waals surface area contributed by atoms with Crippen LogP contribution in [0.2, 0.25) is 0 Å². The third kappa shape index (κ3) is 9.22. The molecule has 14 nitrogen and oxygen atoms in total. The summed E-state index contributed by atoms with van der Waals surface area (Å²) in [7, 11) is 3.66. The molecule has 6 amide bonds. The van der Waals surface area contributed by atoms with Crippen LogP contribution in [0.4, 0.5) is 31.7 Å². The first kappa shape index (κ1) is 53.1. The average Bonchev–Trinajstić information content (AvgIpc) is 1.75. The summed E-state index contributed by atoms with van der Waals surface area (Å²) in [5.74, 6) is 1.12. The van der Waals surface area contributed by atoms with Gasteiger partial charge in [-0.1, -0.05) is 206 Å². The Labute approximate surface area is 508 Å². The van der Waals surface area contributed by atoms with Crippen LogP contribution in [0.1, 0.15) is 57.2 Å². The fourth-order valence-corrected chi connectivity index (χ4v) is 13.4.